The highest BCUT2D eigenvalue weighted by molar-refractivity contribution is 5.76. The average Bonchev–Trinajstić information content (AvgIpc) is 2.28. The minimum absolute atomic E-state index is 0.0502. The number of carbonyl (C=O) groups is 1. The molecule has 0 aromatic carbocycles. The molecule has 1 rings (SSSR count). The summed E-state index contributed by atoms with van der Waals surface area (Å²) in [7, 11) is 0. The molecule has 1 amide bonds. The molecule has 3 heteroatoms. The molecule has 0 saturated heterocycles. The largest absolute Gasteiger partial charge is 0.394 e. The first-order chi connectivity index (χ1) is 8.11. The highest BCUT2D eigenvalue weighted by Crippen LogP contribution is 2.26. The fraction of sp³-hybridized carbons (Fsp3) is 0.929. The summed E-state index contributed by atoms with van der Waals surface area (Å²) in [5.41, 5.74) is 0. The van der Waals surface area contributed by atoms with Crippen LogP contribution in [0.5, 0.6) is 0 Å². The zero-order valence-electron chi connectivity index (χ0n) is 11.2. The normalized spacial score (nSPS) is 19.3. The molecule has 0 heterocycles. The lowest BCUT2D eigenvalue weighted by atomic mass is 9.87. The molecule has 3 nitrogen and oxygen atoms in total. The molecule has 0 radical (unpaired) electrons. The first-order valence-corrected chi connectivity index (χ1v) is 7.02. The molecule has 1 unspecified atom stereocenters. The summed E-state index contributed by atoms with van der Waals surface area (Å²) in [5.74, 6) is 1.20. The van der Waals surface area contributed by atoms with E-state index < -0.39 is 0 Å². The summed E-state index contributed by atoms with van der Waals surface area (Å²) >= 11 is 0. The Balaban J connectivity index is 2.26. The van der Waals surface area contributed by atoms with Gasteiger partial charge in [-0.2, -0.15) is 0 Å². The van der Waals surface area contributed by atoms with E-state index in [0.717, 1.165) is 6.42 Å². The molecular weight excluding hydrogens is 214 g/mol. The Hall–Kier alpha value is -0.570. The lowest BCUT2D eigenvalue weighted by molar-refractivity contribution is -0.123. The second-order valence-electron chi connectivity index (χ2n) is 5.78. The van der Waals surface area contributed by atoms with Crippen LogP contribution in [0.1, 0.15) is 58.8 Å². The molecule has 1 aliphatic carbocycles. The van der Waals surface area contributed by atoms with Gasteiger partial charge >= 0.3 is 0 Å². The Bertz CT molecular complexity index is 222. The Labute approximate surface area is 105 Å². The van der Waals surface area contributed by atoms with Crippen LogP contribution in [0.2, 0.25) is 0 Å². The zero-order valence-corrected chi connectivity index (χ0v) is 11.2. The molecule has 2 N–H and O–H groups in total. The fourth-order valence-corrected chi connectivity index (χ4v) is 2.69. The van der Waals surface area contributed by atoms with Crippen LogP contribution in [0.25, 0.3) is 0 Å². The van der Waals surface area contributed by atoms with Gasteiger partial charge in [0.05, 0.1) is 12.6 Å². The van der Waals surface area contributed by atoms with Crippen molar-refractivity contribution < 1.29 is 9.90 Å². The van der Waals surface area contributed by atoms with E-state index in [1.807, 2.05) is 0 Å². The first kappa shape index (κ1) is 14.5. The van der Waals surface area contributed by atoms with Crippen molar-refractivity contribution >= 4 is 5.91 Å². The predicted octanol–water partition coefficient (Wildman–Crippen LogP) is 2.48. The van der Waals surface area contributed by atoms with Gasteiger partial charge in [-0.15, -0.1) is 0 Å². The van der Waals surface area contributed by atoms with Crippen LogP contribution >= 0.6 is 0 Å². The van der Waals surface area contributed by atoms with Crippen LogP contribution in [-0.2, 0) is 4.79 Å². The van der Waals surface area contributed by atoms with E-state index in [2.05, 4.69) is 19.2 Å². The molecule has 1 atom stereocenters. The van der Waals surface area contributed by atoms with E-state index in [1.54, 1.807) is 0 Å². The molecule has 17 heavy (non-hydrogen) atoms. The second kappa shape index (κ2) is 7.70. The molecule has 0 aromatic rings. The smallest absolute Gasteiger partial charge is 0.220 e. The van der Waals surface area contributed by atoms with Crippen molar-refractivity contribution in [3.05, 3.63) is 0 Å². The van der Waals surface area contributed by atoms with Crippen LogP contribution in [0, 0.1) is 11.8 Å². The number of aliphatic hydroxyl groups excluding tert-OH is 1. The molecule has 1 saturated carbocycles. The summed E-state index contributed by atoms with van der Waals surface area (Å²) in [6, 6.07) is -0.0638. The van der Waals surface area contributed by atoms with Crippen molar-refractivity contribution in [3.63, 3.8) is 0 Å². The van der Waals surface area contributed by atoms with E-state index in [4.69, 9.17) is 0 Å². The molecule has 0 aromatic heterocycles. The van der Waals surface area contributed by atoms with E-state index >= 15 is 0 Å². The second-order valence-corrected chi connectivity index (χ2v) is 5.78. The highest BCUT2D eigenvalue weighted by atomic mass is 16.3. The molecule has 0 bridgehead atoms. The third-order valence-corrected chi connectivity index (χ3v) is 3.54. The third-order valence-electron chi connectivity index (χ3n) is 3.54. The van der Waals surface area contributed by atoms with Gasteiger partial charge < -0.3 is 10.4 Å². The quantitative estimate of drug-likeness (QED) is 0.750. The summed E-state index contributed by atoms with van der Waals surface area (Å²) < 4.78 is 0. The fourth-order valence-electron chi connectivity index (χ4n) is 2.69. The van der Waals surface area contributed by atoms with E-state index in [-0.39, 0.29) is 18.6 Å². The Kier molecular flexibility index (Phi) is 6.56. The van der Waals surface area contributed by atoms with E-state index in [1.165, 1.54) is 32.1 Å². The molecule has 0 spiro atoms. The molecule has 100 valence electrons. The van der Waals surface area contributed by atoms with Crippen LogP contribution < -0.4 is 5.32 Å². The van der Waals surface area contributed by atoms with Gasteiger partial charge in [-0.25, -0.2) is 0 Å². The van der Waals surface area contributed by atoms with Crippen molar-refractivity contribution in [3.8, 4) is 0 Å². The van der Waals surface area contributed by atoms with Crippen molar-refractivity contribution in [2.24, 2.45) is 11.8 Å². The summed E-state index contributed by atoms with van der Waals surface area (Å²) in [4.78, 5) is 11.8. The van der Waals surface area contributed by atoms with Crippen molar-refractivity contribution in [1.29, 1.82) is 0 Å². The number of nitrogens with one attached hydrogen (secondary N) is 1. The van der Waals surface area contributed by atoms with Gasteiger partial charge in [0.2, 0.25) is 5.91 Å². The molecule has 1 fully saturated rings. The maximum absolute atomic E-state index is 11.8. The summed E-state index contributed by atoms with van der Waals surface area (Å²) in [5, 5.41) is 12.2. The minimum Gasteiger partial charge on any atom is -0.394 e. The van der Waals surface area contributed by atoms with E-state index in [0.29, 0.717) is 18.3 Å². The Morgan fingerprint density at radius 3 is 2.47 bits per heavy atom. The van der Waals surface area contributed by atoms with Gasteiger partial charge in [0, 0.05) is 6.42 Å². The van der Waals surface area contributed by atoms with Gasteiger partial charge in [-0.05, 0) is 31.1 Å². The van der Waals surface area contributed by atoms with E-state index in [9.17, 15) is 9.90 Å². The maximum Gasteiger partial charge on any atom is 0.220 e. The monoisotopic (exact) mass is 241 g/mol. The zero-order chi connectivity index (χ0) is 12.7. The summed E-state index contributed by atoms with van der Waals surface area (Å²) in [6.45, 7) is 4.26. The number of hydrogen-bond donors (Lipinski definition) is 2. The van der Waals surface area contributed by atoms with Gasteiger partial charge in [-0.3, -0.25) is 4.79 Å². The van der Waals surface area contributed by atoms with Crippen molar-refractivity contribution in [2.75, 3.05) is 6.61 Å². The molecule has 0 aliphatic heterocycles. The van der Waals surface area contributed by atoms with Crippen LogP contribution in [0.15, 0.2) is 0 Å². The third kappa shape index (κ3) is 6.06. The summed E-state index contributed by atoms with van der Waals surface area (Å²) in [6.07, 6.45) is 7.76. The van der Waals surface area contributed by atoms with Gasteiger partial charge in [0.15, 0.2) is 0 Å². The standard InChI is InChI=1S/C14H27NO2/c1-11(2)8-13(10-16)15-14(17)9-12-6-4-3-5-7-12/h11-13,16H,3-10H2,1-2H3,(H,15,17). The van der Waals surface area contributed by atoms with Gasteiger partial charge in [-0.1, -0.05) is 33.1 Å². The Morgan fingerprint density at radius 2 is 1.94 bits per heavy atom. The minimum atomic E-state index is -0.0638. The maximum atomic E-state index is 11.8. The lowest BCUT2D eigenvalue weighted by Gasteiger charge is -2.23. The van der Waals surface area contributed by atoms with Crippen LogP contribution in [0.4, 0.5) is 0 Å². The first-order valence-electron chi connectivity index (χ1n) is 7.02. The topological polar surface area (TPSA) is 49.3 Å². The molecule has 1 aliphatic rings. The highest BCUT2D eigenvalue weighted by Gasteiger charge is 2.19. The van der Waals surface area contributed by atoms with Gasteiger partial charge in [0.1, 0.15) is 0 Å². The SMILES string of the molecule is CC(C)CC(CO)NC(=O)CC1CCCCC1. The molecular formula is C14H27NO2. The lowest BCUT2D eigenvalue weighted by Crippen LogP contribution is -2.39. The number of amides is 1. The number of carbonyl (C=O) groups excluding carboxylic acids is 1. The number of hydrogen-bond acceptors (Lipinski definition) is 2. The Morgan fingerprint density at radius 1 is 1.29 bits per heavy atom. The van der Waals surface area contributed by atoms with Crippen molar-refractivity contribution in [1.82, 2.24) is 5.32 Å². The average molecular weight is 241 g/mol. The van der Waals surface area contributed by atoms with Gasteiger partial charge in [0.25, 0.3) is 0 Å². The number of aliphatic hydroxyl groups is 1. The van der Waals surface area contributed by atoms with Crippen LogP contribution in [0.3, 0.4) is 0 Å². The van der Waals surface area contributed by atoms with Crippen LogP contribution in [-0.4, -0.2) is 23.7 Å². The predicted molar refractivity (Wildman–Crippen MR) is 69.7 cm³/mol. The number of rotatable bonds is 6. The van der Waals surface area contributed by atoms with Crippen molar-refractivity contribution in [2.45, 2.75) is 64.8 Å².